The van der Waals surface area contributed by atoms with Crippen LogP contribution in [0.5, 0.6) is 17.2 Å². The van der Waals surface area contributed by atoms with Gasteiger partial charge in [0.15, 0.2) is 11.4 Å². The number of hydrogen-bond donors (Lipinski definition) is 3. The third-order valence-corrected chi connectivity index (χ3v) is 3.73. The van der Waals surface area contributed by atoms with E-state index in [0.29, 0.717) is 28.0 Å². The second kappa shape index (κ2) is 7.10. The molecule has 0 radical (unpaired) electrons. The summed E-state index contributed by atoms with van der Waals surface area (Å²) < 4.78 is 5.75. The van der Waals surface area contributed by atoms with Crippen LogP contribution >= 0.6 is 0 Å². The molecule has 0 aliphatic carbocycles. The summed E-state index contributed by atoms with van der Waals surface area (Å²) >= 11 is 0. The van der Waals surface area contributed by atoms with Crippen molar-refractivity contribution < 1.29 is 24.5 Å². The molecule has 1 amide bonds. The Morgan fingerprint density at radius 1 is 1.08 bits per heavy atom. The van der Waals surface area contributed by atoms with Crippen molar-refractivity contribution in [1.29, 1.82) is 0 Å². The number of rotatable bonds is 5. The van der Waals surface area contributed by atoms with E-state index in [-0.39, 0.29) is 11.4 Å². The van der Waals surface area contributed by atoms with Crippen molar-refractivity contribution in [2.75, 3.05) is 6.54 Å². The van der Waals surface area contributed by atoms with Gasteiger partial charge in [0.05, 0.1) is 0 Å². The first-order chi connectivity index (χ1) is 12.5. The van der Waals surface area contributed by atoms with E-state index in [1.807, 2.05) is 18.2 Å². The number of aromatic nitrogens is 1. The fourth-order valence-electron chi connectivity index (χ4n) is 2.53. The zero-order valence-corrected chi connectivity index (χ0v) is 13.9. The van der Waals surface area contributed by atoms with Crippen LogP contribution in [0.1, 0.15) is 16.2 Å². The van der Waals surface area contributed by atoms with E-state index in [1.165, 1.54) is 0 Å². The highest BCUT2D eigenvalue weighted by molar-refractivity contribution is 6.03. The lowest BCUT2D eigenvalue weighted by molar-refractivity contribution is -0.135. The lowest BCUT2D eigenvalue weighted by Crippen LogP contribution is -2.30. The molecule has 1 aromatic heterocycles. The van der Waals surface area contributed by atoms with E-state index in [0.717, 1.165) is 0 Å². The Bertz CT molecular complexity index is 986. The summed E-state index contributed by atoms with van der Waals surface area (Å²) in [6.45, 7) is 1.14. The molecule has 1 heterocycles. The zero-order chi connectivity index (χ0) is 18.7. The number of nitrogens with one attached hydrogen (secondary N) is 1. The van der Waals surface area contributed by atoms with Crippen LogP contribution in [0.2, 0.25) is 0 Å². The summed E-state index contributed by atoms with van der Waals surface area (Å²) in [4.78, 5) is 26.8. The molecule has 0 bridgehead atoms. The molecule has 26 heavy (non-hydrogen) atoms. The van der Waals surface area contributed by atoms with Gasteiger partial charge in [-0.05, 0) is 37.3 Å². The molecule has 0 aliphatic rings. The number of aliphatic carboxylic acids is 1. The fourth-order valence-corrected chi connectivity index (χ4v) is 2.53. The first kappa shape index (κ1) is 17.2. The van der Waals surface area contributed by atoms with Gasteiger partial charge in [0.2, 0.25) is 0 Å². The SMILES string of the molecule is Cc1nc(C(=O)NCC(=O)O)c(O)c2cc(Oc3ccccc3)ccc12. The second-order valence-electron chi connectivity index (χ2n) is 5.59. The summed E-state index contributed by atoms with van der Waals surface area (Å²) in [5.41, 5.74) is 0.303. The molecular formula is C19H16N2O5. The summed E-state index contributed by atoms with van der Waals surface area (Å²) in [6.07, 6.45) is 0. The molecule has 7 nitrogen and oxygen atoms in total. The van der Waals surface area contributed by atoms with E-state index in [2.05, 4.69) is 10.3 Å². The van der Waals surface area contributed by atoms with Crippen molar-refractivity contribution in [3.8, 4) is 17.2 Å². The molecule has 0 saturated carbocycles. The summed E-state index contributed by atoms with van der Waals surface area (Å²) in [5.74, 6) is -1.15. The van der Waals surface area contributed by atoms with Gasteiger partial charge in [-0.3, -0.25) is 9.59 Å². The lowest BCUT2D eigenvalue weighted by Gasteiger charge is -2.12. The van der Waals surface area contributed by atoms with Gasteiger partial charge in [-0.25, -0.2) is 4.98 Å². The topological polar surface area (TPSA) is 109 Å². The average molecular weight is 352 g/mol. The number of aryl methyl sites for hydroxylation is 1. The third kappa shape index (κ3) is 3.56. The number of para-hydroxylation sites is 1. The molecule has 7 heteroatoms. The number of pyridine rings is 1. The molecule has 3 N–H and O–H groups in total. The number of nitrogens with zero attached hydrogens (tertiary/aromatic N) is 1. The van der Waals surface area contributed by atoms with Gasteiger partial charge in [-0.15, -0.1) is 0 Å². The molecule has 0 spiro atoms. The maximum atomic E-state index is 12.1. The molecule has 3 aromatic rings. The summed E-state index contributed by atoms with van der Waals surface area (Å²) in [6, 6.07) is 14.2. The molecule has 2 aromatic carbocycles. The molecule has 0 fully saturated rings. The average Bonchev–Trinajstić information content (AvgIpc) is 2.63. The fraction of sp³-hybridized carbons (Fsp3) is 0.105. The number of carbonyl (C=O) groups excluding carboxylic acids is 1. The van der Waals surface area contributed by atoms with Gasteiger partial charge in [-0.2, -0.15) is 0 Å². The normalized spacial score (nSPS) is 10.5. The Labute approximate surface area is 148 Å². The minimum atomic E-state index is -1.19. The second-order valence-corrected chi connectivity index (χ2v) is 5.59. The number of ether oxygens (including phenoxy) is 1. The predicted molar refractivity (Wildman–Crippen MR) is 94.6 cm³/mol. The number of carboxylic acids is 1. The molecule has 0 unspecified atom stereocenters. The van der Waals surface area contributed by atoms with Gasteiger partial charge < -0.3 is 20.3 Å². The van der Waals surface area contributed by atoms with Crippen LogP contribution in [0, 0.1) is 6.92 Å². The number of carboxylic acid groups (broad SMARTS) is 1. The van der Waals surface area contributed by atoms with Crippen LogP contribution < -0.4 is 10.1 Å². The molecular weight excluding hydrogens is 336 g/mol. The number of hydrogen-bond acceptors (Lipinski definition) is 5. The maximum Gasteiger partial charge on any atom is 0.322 e. The highest BCUT2D eigenvalue weighted by Crippen LogP contribution is 2.33. The lowest BCUT2D eigenvalue weighted by atomic mass is 10.1. The smallest absolute Gasteiger partial charge is 0.322 e. The molecule has 0 aliphatic heterocycles. The third-order valence-electron chi connectivity index (χ3n) is 3.73. The van der Waals surface area contributed by atoms with Crippen LogP contribution in [0.4, 0.5) is 0 Å². The number of benzene rings is 2. The minimum Gasteiger partial charge on any atom is -0.505 e. The van der Waals surface area contributed by atoms with Crippen molar-refractivity contribution in [3.05, 3.63) is 59.9 Å². The monoisotopic (exact) mass is 352 g/mol. The number of amides is 1. The summed E-state index contributed by atoms with van der Waals surface area (Å²) in [7, 11) is 0. The predicted octanol–water partition coefficient (Wildman–Crippen LogP) is 2.86. The van der Waals surface area contributed by atoms with Crippen LogP contribution in [-0.4, -0.2) is 33.6 Å². The van der Waals surface area contributed by atoms with Gasteiger partial charge in [0.1, 0.15) is 18.0 Å². The van der Waals surface area contributed by atoms with Gasteiger partial charge in [-0.1, -0.05) is 18.2 Å². The minimum absolute atomic E-state index is 0.229. The summed E-state index contributed by atoms with van der Waals surface area (Å²) in [5, 5.41) is 22.4. The van der Waals surface area contributed by atoms with Gasteiger partial charge in [0, 0.05) is 16.5 Å². The highest BCUT2D eigenvalue weighted by atomic mass is 16.5. The van der Waals surface area contributed by atoms with E-state index in [4.69, 9.17) is 9.84 Å². The van der Waals surface area contributed by atoms with Crippen LogP contribution in [0.3, 0.4) is 0 Å². The Kier molecular flexibility index (Phi) is 4.70. The van der Waals surface area contributed by atoms with Crippen LogP contribution in [-0.2, 0) is 4.79 Å². The maximum absolute atomic E-state index is 12.1. The quantitative estimate of drug-likeness (QED) is 0.651. The number of carbonyl (C=O) groups is 2. The largest absolute Gasteiger partial charge is 0.505 e. The Morgan fingerprint density at radius 2 is 1.81 bits per heavy atom. The molecule has 0 saturated heterocycles. The first-order valence-electron chi connectivity index (χ1n) is 7.82. The van der Waals surface area contributed by atoms with E-state index in [1.54, 1.807) is 37.3 Å². The Hall–Kier alpha value is -3.61. The number of fused-ring (bicyclic) bond motifs is 1. The van der Waals surface area contributed by atoms with E-state index in [9.17, 15) is 14.7 Å². The van der Waals surface area contributed by atoms with Crippen LogP contribution in [0.25, 0.3) is 10.8 Å². The zero-order valence-electron chi connectivity index (χ0n) is 13.9. The molecule has 132 valence electrons. The first-order valence-corrected chi connectivity index (χ1v) is 7.82. The van der Waals surface area contributed by atoms with Crippen LogP contribution in [0.15, 0.2) is 48.5 Å². The Balaban J connectivity index is 2.00. The standard InChI is InChI=1S/C19H16N2O5/c1-11-14-8-7-13(26-12-5-3-2-4-6-12)9-15(14)18(24)17(21-11)19(25)20-10-16(22)23/h2-9,24H,10H2,1H3,(H,20,25)(H,22,23). The molecule has 0 atom stereocenters. The van der Waals surface area contributed by atoms with Crippen molar-refractivity contribution in [2.45, 2.75) is 6.92 Å². The van der Waals surface area contributed by atoms with Gasteiger partial charge in [0.25, 0.3) is 5.91 Å². The van der Waals surface area contributed by atoms with Crippen molar-refractivity contribution in [2.24, 2.45) is 0 Å². The molecule has 3 rings (SSSR count). The van der Waals surface area contributed by atoms with E-state index < -0.39 is 18.4 Å². The highest BCUT2D eigenvalue weighted by Gasteiger charge is 2.19. The Morgan fingerprint density at radius 3 is 2.50 bits per heavy atom. The number of aromatic hydroxyl groups is 1. The van der Waals surface area contributed by atoms with Crippen molar-refractivity contribution in [3.63, 3.8) is 0 Å². The van der Waals surface area contributed by atoms with Crippen molar-refractivity contribution in [1.82, 2.24) is 10.3 Å². The van der Waals surface area contributed by atoms with Gasteiger partial charge >= 0.3 is 5.97 Å². The van der Waals surface area contributed by atoms with Crippen molar-refractivity contribution >= 4 is 22.6 Å². The van der Waals surface area contributed by atoms with E-state index >= 15 is 0 Å².